The van der Waals surface area contributed by atoms with Crippen molar-refractivity contribution in [2.45, 2.75) is 39.0 Å². The second-order valence-corrected chi connectivity index (χ2v) is 5.61. The number of aromatic nitrogens is 3. The van der Waals surface area contributed by atoms with Crippen LogP contribution in [0.3, 0.4) is 0 Å². The summed E-state index contributed by atoms with van der Waals surface area (Å²) < 4.78 is 0. The van der Waals surface area contributed by atoms with Gasteiger partial charge in [-0.3, -0.25) is 0 Å². The highest BCUT2D eigenvalue weighted by molar-refractivity contribution is 5.73. The Bertz CT molecular complexity index is 731. The smallest absolute Gasteiger partial charge is 0.143 e. The van der Waals surface area contributed by atoms with E-state index >= 15 is 0 Å². The van der Waals surface area contributed by atoms with Crippen LogP contribution in [0.15, 0.2) is 42.5 Å². The average Bonchev–Trinajstić information content (AvgIpc) is 2.97. The van der Waals surface area contributed by atoms with Gasteiger partial charge in [0.1, 0.15) is 22.5 Å². The third-order valence-corrected chi connectivity index (χ3v) is 3.86. The number of phenolic OH excluding ortho intramolecular Hbond substituents is 1. The summed E-state index contributed by atoms with van der Waals surface area (Å²) in [5, 5.41) is 19.0. The molecule has 0 fully saturated rings. The zero-order chi connectivity index (χ0) is 15.4. The van der Waals surface area contributed by atoms with E-state index < -0.39 is 0 Å². The standard InChI is InChI=1S/C18H21N3O/c1-2-3-4-5-8-14-11-12-18(22)17(13-14)21-19-15-9-6-7-10-16(15)20-21/h6-7,9-13,22H,2-5,8H2,1H3. The molecule has 0 aliphatic rings. The molecule has 2 aromatic carbocycles. The fourth-order valence-electron chi connectivity index (χ4n) is 2.61. The van der Waals surface area contributed by atoms with Crippen molar-refractivity contribution in [1.29, 1.82) is 0 Å². The van der Waals surface area contributed by atoms with Crippen LogP contribution in [0.4, 0.5) is 0 Å². The first-order valence-corrected chi connectivity index (χ1v) is 7.92. The van der Waals surface area contributed by atoms with E-state index in [0.717, 1.165) is 17.5 Å². The van der Waals surface area contributed by atoms with Crippen molar-refractivity contribution in [3.8, 4) is 11.4 Å². The fraction of sp³-hybridized carbons (Fsp3) is 0.333. The largest absolute Gasteiger partial charge is 0.506 e. The van der Waals surface area contributed by atoms with Crippen LogP contribution in [-0.4, -0.2) is 20.1 Å². The van der Waals surface area contributed by atoms with Crippen LogP contribution in [0, 0.1) is 0 Å². The van der Waals surface area contributed by atoms with E-state index in [-0.39, 0.29) is 5.75 Å². The number of aryl methyl sites for hydroxylation is 1. The molecule has 1 aromatic heterocycles. The minimum atomic E-state index is 0.206. The third-order valence-electron chi connectivity index (χ3n) is 3.86. The van der Waals surface area contributed by atoms with Crippen molar-refractivity contribution in [3.05, 3.63) is 48.0 Å². The number of nitrogens with zero attached hydrogens (tertiary/aromatic N) is 3. The maximum absolute atomic E-state index is 10.1. The quantitative estimate of drug-likeness (QED) is 0.692. The molecular formula is C18H21N3O. The summed E-state index contributed by atoms with van der Waals surface area (Å²) in [5.74, 6) is 0.206. The average molecular weight is 295 g/mol. The van der Waals surface area contributed by atoms with E-state index in [1.165, 1.54) is 36.0 Å². The van der Waals surface area contributed by atoms with Crippen LogP contribution < -0.4 is 0 Å². The lowest BCUT2D eigenvalue weighted by Crippen LogP contribution is -2.00. The van der Waals surface area contributed by atoms with Gasteiger partial charge < -0.3 is 5.11 Å². The number of fused-ring (bicyclic) bond motifs is 1. The van der Waals surface area contributed by atoms with Gasteiger partial charge in [0.15, 0.2) is 0 Å². The normalized spacial score (nSPS) is 11.1. The van der Waals surface area contributed by atoms with Gasteiger partial charge in [-0.25, -0.2) is 0 Å². The third kappa shape index (κ3) is 3.11. The minimum absolute atomic E-state index is 0.206. The highest BCUT2D eigenvalue weighted by Crippen LogP contribution is 2.24. The van der Waals surface area contributed by atoms with Crippen LogP contribution in [-0.2, 0) is 6.42 Å². The first kappa shape index (κ1) is 14.6. The van der Waals surface area contributed by atoms with Crippen LogP contribution in [0.2, 0.25) is 0 Å². The molecule has 0 amide bonds. The van der Waals surface area contributed by atoms with Gasteiger partial charge in [-0.1, -0.05) is 44.4 Å². The number of hydrogen-bond acceptors (Lipinski definition) is 3. The molecule has 1 heterocycles. The summed E-state index contributed by atoms with van der Waals surface area (Å²) >= 11 is 0. The second kappa shape index (κ2) is 6.60. The van der Waals surface area contributed by atoms with Crippen LogP contribution in [0.5, 0.6) is 5.75 Å². The Kier molecular flexibility index (Phi) is 4.37. The lowest BCUT2D eigenvalue weighted by Gasteiger charge is -2.07. The molecule has 4 heteroatoms. The van der Waals surface area contributed by atoms with Crippen LogP contribution in [0.1, 0.15) is 38.2 Å². The number of benzene rings is 2. The lowest BCUT2D eigenvalue weighted by molar-refractivity contribution is 0.467. The number of rotatable bonds is 6. The number of hydrogen-bond donors (Lipinski definition) is 1. The SMILES string of the molecule is CCCCCCc1ccc(O)c(-n2nc3ccccc3n2)c1. The van der Waals surface area contributed by atoms with E-state index in [0.29, 0.717) is 5.69 Å². The van der Waals surface area contributed by atoms with Gasteiger partial charge in [-0.2, -0.15) is 0 Å². The Morgan fingerprint density at radius 3 is 2.36 bits per heavy atom. The summed E-state index contributed by atoms with van der Waals surface area (Å²) in [5.41, 5.74) is 3.51. The van der Waals surface area contributed by atoms with E-state index in [9.17, 15) is 5.11 Å². The van der Waals surface area contributed by atoms with E-state index in [4.69, 9.17) is 0 Å². The molecule has 22 heavy (non-hydrogen) atoms. The summed E-state index contributed by atoms with van der Waals surface area (Å²) in [4.78, 5) is 1.52. The van der Waals surface area contributed by atoms with Gasteiger partial charge >= 0.3 is 0 Å². The molecule has 114 valence electrons. The molecule has 3 aromatic rings. The summed E-state index contributed by atoms with van der Waals surface area (Å²) in [7, 11) is 0. The Labute approximate surface area is 130 Å². The molecule has 0 atom stereocenters. The van der Waals surface area contributed by atoms with Gasteiger partial charge in [0.2, 0.25) is 0 Å². The highest BCUT2D eigenvalue weighted by atomic mass is 16.3. The van der Waals surface area contributed by atoms with Gasteiger partial charge in [-0.05, 0) is 42.7 Å². The molecule has 0 radical (unpaired) electrons. The number of phenols is 1. The summed E-state index contributed by atoms with van der Waals surface area (Å²) in [6, 6.07) is 13.4. The molecule has 0 aliphatic carbocycles. The summed E-state index contributed by atoms with van der Waals surface area (Å²) in [6.07, 6.45) is 5.96. The van der Waals surface area contributed by atoms with Crippen molar-refractivity contribution in [3.63, 3.8) is 0 Å². The fourth-order valence-corrected chi connectivity index (χ4v) is 2.61. The van der Waals surface area contributed by atoms with Crippen LogP contribution in [0.25, 0.3) is 16.7 Å². The second-order valence-electron chi connectivity index (χ2n) is 5.61. The van der Waals surface area contributed by atoms with E-state index in [2.05, 4.69) is 17.1 Å². The Morgan fingerprint density at radius 1 is 0.955 bits per heavy atom. The molecule has 0 aliphatic heterocycles. The van der Waals surface area contributed by atoms with E-state index in [1.54, 1.807) is 6.07 Å². The van der Waals surface area contributed by atoms with Crippen molar-refractivity contribution in [1.82, 2.24) is 15.0 Å². The monoisotopic (exact) mass is 295 g/mol. The zero-order valence-corrected chi connectivity index (χ0v) is 12.9. The van der Waals surface area contributed by atoms with Crippen molar-refractivity contribution >= 4 is 11.0 Å². The molecule has 3 rings (SSSR count). The molecule has 0 bridgehead atoms. The molecule has 4 nitrogen and oxygen atoms in total. The highest BCUT2D eigenvalue weighted by Gasteiger charge is 2.09. The number of unbranched alkanes of at least 4 members (excludes halogenated alkanes) is 3. The Hall–Kier alpha value is -2.36. The molecule has 0 spiro atoms. The maximum atomic E-state index is 10.1. The lowest BCUT2D eigenvalue weighted by atomic mass is 10.1. The van der Waals surface area contributed by atoms with Gasteiger partial charge in [-0.15, -0.1) is 15.0 Å². The predicted molar refractivity (Wildman–Crippen MR) is 88.4 cm³/mol. The topological polar surface area (TPSA) is 50.9 Å². The number of aromatic hydroxyl groups is 1. The van der Waals surface area contributed by atoms with Gasteiger partial charge in [0, 0.05) is 0 Å². The van der Waals surface area contributed by atoms with Crippen LogP contribution >= 0.6 is 0 Å². The Balaban J connectivity index is 1.85. The molecule has 0 saturated carbocycles. The zero-order valence-electron chi connectivity index (χ0n) is 12.9. The Morgan fingerprint density at radius 2 is 1.68 bits per heavy atom. The summed E-state index contributed by atoms with van der Waals surface area (Å²) in [6.45, 7) is 2.21. The van der Waals surface area contributed by atoms with Crippen molar-refractivity contribution in [2.24, 2.45) is 0 Å². The predicted octanol–water partition coefficient (Wildman–Crippen LogP) is 4.25. The van der Waals surface area contributed by atoms with Gasteiger partial charge in [0.25, 0.3) is 0 Å². The molecule has 0 saturated heterocycles. The van der Waals surface area contributed by atoms with Gasteiger partial charge in [0.05, 0.1) is 0 Å². The first-order valence-electron chi connectivity index (χ1n) is 7.92. The van der Waals surface area contributed by atoms with Crippen molar-refractivity contribution in [2.75, 3.05) is 0 Å². The van der Waals surface area contributed by atoms with Crippen molar-refractivity contribution < 1.29 is 5.11 Å². The maximum Gasteiger partial charge on any atom is 0.143 e. The first-order chi connectivity index (χ1) is 10.8. The molecular weight excluding hydrogens is 274 g/mol. The minimum Gasteiger partial charge on any atom is -0.506 e. The van der Waals surface area contributed by atoms with E-state index in [1.807, 2.05) is 36.4 Å². The molecule has 1 N–H and O–H groups in total. The molecule has 0 unspecified atom stereocenters.